The summed E-state index contributed by atoms with van der Waals surface area (Å²) in [7, 11) is 4.61. The zero-order chi connectivity index (χ0) is 6.24. The molecule has 0 bridgehead atoms. The smallest absolute Gasteiger partial charge is 0.0267 e. The summed E-state index contributed by atoms with van der Waals surface area (Å²) in [6.45, 7) is 0. The minimum absolute atomic E-state index is 0. The molecule has 0 aliphatic carbocycles. The molecule has 5 heteroatoms. The average Bonchev–Trinajstić information content (AvgIpc) is 1.96. The van der Waals surface area contributed by atoms with Gasteiger partial charge in [-0.05, 0) is 12.1 Å². The van der Waals surface area contributed by atoms with Crippen LogP contribution in [0.3, 0.4) is 0 Å². The van der Waals surface area contributed by atoms with Crippen molar-refractivity contribution in [2.24, 2.45) is 0 Å². The maximum Gasteiger partial charge on any atom is 0.0267 e. The molecule has 0 fully saturated rings. The Hall–Kier alpha value is 0.0483. The van der Waals surface area contributed by atoms with E-state index in [9.17, 15) is 0 Å². The Morgan fingerprint density at radius 3 is 1.40 bits per heavy atom. The van der Waals surface area contributed by atoms with Crippen molar-refractivity contribution in [3.63, 3.8) is 0 Å². The molecule has 1 aromatic heterocycles. The number of hydrogen-bond acceptors (Lipinski definition) is 3. The van der Waals surface area contributed by atoms with Crippen LogP contribution in [0.4, 0.5) is 0 Å². The van der Waals surface area contributed by atoms with Gasteiger partial charge in [0.05, 0.1) is 0 Å². The third kappa shape index (κ3) is 10.9. The van der Waals surface area contributed by atoms with E-state index in [4.69, 9.17) is 0 Å². The standard InChI is InChI=1S/C5H5N.ClH.2H3N.Pt/c1-2-4-6-5-3-1;;;;/h1-5H;1H;2*1H3;/q;;;;+1/p-1. The first kappa shape index (κ1) is 16.6. The number of nitrogens with zero attached hydrogens (tertiary/aromatic N) is 1. The van der Waals surface area contributed by atoms with Crippen molar-refractivity contribution in [2.75, 3.05) is 0 Å². The molecule has 0 amide bonds. The van der Waals surface area contributed by atoms with Gasteiger partial charge in [-0.1, -0.05) is 6.07 Å². The molecule has 3 nitrogen and oxygen atoms in total. The Labute approximate surface area is 76.2 Å². The van der Waals surface area contributed by atoms with E-state index in [1.54, 1.807) is 31.2 Å². The Bertz CT molecular complexity index is 88.8. The van der Waals surface area contributed by atoms with E-state index < -0.39 is 0 Å². The third-order valence-electron chi connectivity index (χ3n) is 0.566. The van der Waals surface area contributed by atoms with Crippen LogP contribution in [0.25, 0.3) is 0 Å². The maximum absolute atomic E-state index is 4.61. The molecule has 0 saturated heterocycles. The van der Waals surface area contributed by atoms with Gasteiger partial charge in [-0.25, -0.2) is 0 Å². The van der Waals surface area contributed by atoms with Gasteiger partial charge in [-0.15, -0.1) is 0 Å². The second-order valence-electron chi connectivity index (χ2n) is 1.02. The fourth-order valence-corrected chi connectivity index (χ4v) is 0.313. The predicted octanol–water partition coefficient (Wildman–Crippen LogP) is 2.09. The van der Waals surface area contributed by atoms with E-state index in [0.717, 1.165) is 0 Å². The van der Waals surface area contributed by atoms with Crippen molar-refractivity contribution in [3.8, 4) is 0 Å². The van der Waals surface area contributed by atoms with Gasteiger partial charge >= 0.3 is 28.2 Å². The van der Waals surface area contributed by atoms with Gasteiger partial charge in [0.25, 0.3) is 0 Å². The summed E-state index contributed by atoms with van der Waals surface area (Å²) in [5.41, 5.74) is 0. The van der Waals surface area contributed by atoms with Crippen LogP contribution in [-0.2, 0) is 18.8 Å². The average molecular weight is 344 g/mol. The minimum Gasteiger partial charge on any atom is -0.265 e. The normalized spacial score (nSPS) is 5.50. The zero-order valence-electron chi connectivity index (χ0n) is 5.44. The van der Waals surface area contributed by atoms with Crippen molar-refractivity contribution in [1.82, 2.24) is 17.3 Å². The van der Waals surface area contributed by atoms with E-state index in [1.807, 2.05) is 18.2 Å². The maximum atomic E-state index is 4.61. The molecule has 0 aliphatic heterocycles. The monoisotopic (exact) mass is 343 g/mol. The molecular formula is C5H11ClN3Pt. The summed E-state index contributed by atoms with van der Waals surface area (Å²) in [5, 5.41) is 0. The van der Waals surface area contributed by atoms with E-state index in [-0.39, 0.29) is 12.3 Å². The quantitative estimate of drug-likeness (QED) is 0.756. The molecule has 0 aliphatic rings. The molecule has 0 atom stereocenters. The SMILES string of the molecule is N.N.[Cl][Pt].c1ccncc1. The molecule has 1 aromatic rings. The van der Waals surface area contributed by atoms with Crippen LogP contribution in [-0.4, -0.2) is 4.98 Å². The van der Waals surface area contributed by atoms with E-state index in [1.165, 1.54) is 0 Å². The first-order chi connectivity index (χ1) is 4.00. The molecule has 0 radical (unpaired) electrons. The zero-order valence-corrected chi connectivity index (χ0v) is 8.47. The fraction of sp³-hybridized carbons (Fsp3) is 0. The van der Waals surface area contributed by atoms with Crippen molar-refractivity contribution in [2.45, 2.75) is 0 Å². The molecular weight excluding hydrogens is 333 g/mol. The van der Waals surface area contributed by atoms with Crippen molar-refractivity contribution < 1.29 is 18.8 Å². The van der Waals surface area contributed by atoms with Crippen LogP contribution in [0.2, 0.25) is 0 Å². The summed E-state index contributed by atoms with van der Waals surface area (Å²) in [5.74, 6) is 0. The minimum atomic E-state index is 0. The second kappa shape index (κ2) is 16.0. The predicted molar refractivity (Wildman–Crippen MR) is 40.1 cm³/mol. The van der Waals surface area contributed by atoms with Gasteiger partial charge in [0.15, 0.2) is 0 Å². The van der Waals surface area contributed by atoms with Crippen LogP contribution in [0.1, 0.15) is 0 Å². The Morgan fingerprint density at radius 1 is 0.900 bits per heavy atom. The molecule has 0 saturated carbocycles. The van der Waals surface area contributed by atoms with Gasteiger partial charge in [-0.2, -0.15) is 0 Å². The summed E-state index contributed by atoms with van der Waals surface area (Å²) < 4.78 is 0. The van der Waals surface area contributed by atoms with Crippen molar-refractivity contribution in [1.29, 1.82) is 0 Å². The molecule has 6 N–H and O–H groups in total. The van der Waals surface area contributed by atoms with Crippen molar-refractivity contribution >= 4 is 9.42 Å². The Morgan fingerprint density at radius 2 is 1.30 bits per heavy atom. The molecule has 1 rings (SSSR count). The van der Waals surface area contributed by atoms with E-state index >= 15 is 0 Å². The topological polar surface area (TPSA) is 82.9 Å². The van der Waals surface area contributed by atoms with Crippen LogP contribution in [0, 0.1) is 0 Å². The number of aromatic nitrogens is 1. The number of rotatable bonds is 0. The van der Waals surface area contributed by atoms with Crippen LogP contribution in [0.15, 0.2) is 30.6 Å². The first-order valence-corrected chi connectivity index (χ1v) is 4.78. The van der Waals surface area contributed by atoms with Gasteiger partial charge < -0.3 is 12.3 Å². The van der Waals surface area contributed by atoms with Gasteiger partial charge in [0, 0.05) is 12.4 Å². The van der Waals surface area contributed by atoms with Crippen LogP contribution < -0.4 is 12.3 Å². The Balaban J connectivity index is -0.000000114. The van der Waals surface area contributed by atoms with Gasteiger partial charge in [0.2, 0.25) is 0 Å². The van der Waals surface area contributed by atoms with Crippen molar-refractivity contribution in [3.05, 3.63) is 30.6 Å². The van der Waals surface area contributed by atoms with Crippen LogP contribution in [0.5, 0.6) is 0 Å². The first-order valence-electron chi connectivity index (χ1n) is 1.97. The molecule has 0 aromatic carbocycles. The molecule has 0 spiro atoms. The van der Waals surface area contributed by atoms with E-state index in [0.29, 0.717) is 0 Å². The second-order valence-corrected chi connectivity index (χ2v) is 1.02. The molecule has 0 unspecified atom stereocenters. The summed E-state index contributed by atoms with van der Waals surface area (Å²) in [6, 6.07) is 5.72. The summed E-state index contributed by atoms with van der Waals surface area (Å²) >= 11 is 1.61. The third-order valence-corrected chi connectivity index (χ3v) is 0.566. The number of halogens is 1. The molecule has 10 heavy (non-hydrogen) atoms. The van der Waals surface area contributed by atoms with Gasteiger partial charge in [0.1, 0.15) is 0 Å². The van der Waals surface area contributed by atoms with E-state index in [2.05, 4.69) is 14.4 Å². The summed E-state index contributed by atoms with van der Waals surface area (Å²) in [4.78, 5) is 3.78. The van der Waals surface area contributed by atoms with Gasteiger partial charge in [-0.3, -0.25) is 4.98 Å². The molecule has 63 valence electrons. The number of hydrogen-bond donors (Lipinski definition) is 2. The Kier molecular flexibility index (Phi) is 26.5. The largest absolute Gasteiger partial charge is 0.265 e. The molecule has 1 heterocycles. The summed E-state index contributed by atoms with van der Waals surface area (Å²) in [6.07, 6.45) is 3.50. The van der Waals surface area contributed by atoms with Crippen LogP contribution >= 0.6 is 9.42 Å². The number of pyridine rings is 1. The fourth-order valence-electron chi connectivity index (χ4n) is 0.313.